The molecule has 0 aliphatic carbocycles. The van der Waals surface area contributed by atoms with E-state index in [1.807, 2.05) is 0 Å². The molecule has 1 aromatic carbocycles. The first-order valence-corrected chi connectivity index (χ1v) is 8.98. The topological polar surface area (TPSA) is 71.1 Å². The van der Waals surface area contributed by atoms with E-state index in [4.69, 9.17) is 0 Å². The van der Waals surface area contributed by atoms with Crippen LogP contribution in [-0.4, -0.2) is 28.6 Å². The summed E-state index contributed by atoms with van der Waals surface area (Å²) in [6.07, 6.45) is -1.23. The van der Waals surface area contributed by atoms with E-state index in [0.717, 1.165) is 29.5 Å². The van der Waals surface area contributed by atoms with E-state index in [9.17, 15) is 22.8 Å². The van der Waals surface area contributed by atoms with Crippen LogP contribution in [0.2, 0.25) is 0 Å². The molecule has 0 radical (unpaired) electrons. The number of nitrogens with zero attached hydrogens (tertiary/aromatic N) is 1. The summed E-state index contributed by atoms with van der Waals surface area (Å²) >= 11 is 1.06. The van der Waals surface area contributed by atoms with Crippen LogP contribution < -0.4 is 10.6 Å². The molecule has 0 aliphatic rings. The van der Waals surface area contributed by atoms with Gasteiger partial charge in [-0.3, -0.25) is 14.6 Å². The number of nitrogens with one attached hydrogen (secondary N) is 2. The molecule has 0 bridgehead atoms. The summed E-state index contributed by atoms with van der Waals surface area (Å²) < 4.78 is 38.4. The second kappa shape index (κ2) is 9.40. The van der Waals surface area contributed by atoms with Crippen molar-refractivity contribution in [2.24, 2.45) is 0 Å². The van der Waals surface area contributed by atoms with Crippen LogP contribution in [-0.2, 0) is 22.3 Å². The number of pyridine rings is 1. The standard InChI is InChI=1S/C18H18F3N3O2S/c1-12(25)24-16(17(26)23-10-13-4-3-7-22-9-13)11-27-15-6-2-5-14(8-15)18(19,20)21/h2-9,16H,10-11H2,1H3,(H,23,26)(H,24,25). The van der Waals surface area contributed by atoms with Gasteiger partial charge in [-0.2, -0.15) is 13.2 Å². The first kappa shape index (κ1) is 20.8. The fourth-order valence-electron chi connectivity index (χ4n) is 2.19. The van der Waals surface area contributed by atoms with E-state index >= 15 is 0 Å². The minimum absolute atomic E-state index is 0.0970. The van der Waals surface area contributed by atoms with E-state index < -0.39 is 29.6 Å². The number of aromatic nitrogens is 1. The normalized spacial score (nSPS) is 12.3. The van der Waals surface area contributed by atoms with Crippen LogP contribution >= 0.6 is 11.8 Å². The SMILES string of the molecule is CC(=O)NC(CSc1cccc(C(F)(F)F)c1)C(=O)NCc1cccnc1. The smallest absolute Gasteiger partial charge is 0.350 e. The van der Waals surface area contributed by atoms with Crippen molar-refractivity contribution in [1.29, 1.82) is 0 Å². The highest BCUT2D eigenvalue weighted by atomic mass is 32.2. The minimum atomic E-state index is -4.44. The Hall–Kier alpha value is -2.55. The summed E-state index contributed by atoms with van der Waals surface area (Å²) in [5.41, 5.74) is 0.0302. The third kappa shape index (κ3) is 6.93. The lowest BCUT2D eigenvalue weighted by molar-refractivity contribution is -0.137. The quantitative estimate of drug-likeness (QED) is 0.705. The van der Waals surface area contributed by atoms with Gasteiger partial charge in [0, 0.05) is 36.5 Å². The summed E-state index contributed by atoms with van der Waals surface area (Å²) in [7, 11) is 0. The van der Waals surface area contributed by atoms with Gasteiger partial charge in [0.2, 0.25) is 11.8 Å². The van der Waals surface area contributed by atoms with Crippen molar-refractivity contribution in [2.45, 2.75) is 30.6 Å². The molecule has 0 saturated carbocycles. The highest BCUT2D eigenvalue weighted by molar-refractivity contribution is 7.99. The Morgan fingerprint density at radius 3 is 2.63 bits per heavy atom. The maximum Gasteiger partial charge on any atom is 0.416 e. The van der Waals surface area contributed by atoms with Crippen LogP contribution in [0.25, 0.3) is 0 Å². The van der Waals surface area contributed by atoms with Crippen LogP contribution in [0.1, 0.15) is 18.1 Å². The molecular formula is C18H18F3N3O2S. The lowest BCUT2D eigenvalue weighted by Gasteiger charge is -2.17. The number of hydrogen-bond acceptors (Lipinski definition) is 4. The van der Waals surface area contributed by atoms with Crippen LogP contribution in [0, 0.1) is 0 Å². The van der Waals surface area contributed by atoms with Gasteiger partial charge in [-0.25, -0.2) is 0 Å². The molecule has 1 heterocycles. The highest BCUT2D eigenvalue weighted by Crippen LogP contribution is 2.32. The average molecular weight is 397 g/mol. The molecule has 2 amide bonds. The third-order valence-electron chi connectivity index (χ3n) is 3.46. The molecule has 0 fully saturated rings. The summed E-state index contributed by atoms with van der Waals surface area (Å²) in [6.45, 7) is 1.51. The molecule has 0 saturated heterocycles. The zero-order valence-electron chi connectivity index (χ0n) is 14.4. The molecule has 0 aliphatic heterocycles. The molecule has 0 spiro atoms. The van der Waals surface area contributed by atoms with Gasteiger partial charge in [-0.1, -0.05) is 12.1 Å². The van der Waals surface area contributed by atoms with E-state index in [2.05, 4.69) is 15.6 Å². The molecule has 144 valence electrons. The number of carbonyl (C=O) groups is 2. The van der Waals surface area contributed by atoms with Crippen molar-refractivity contribution in [3.8, 4) is 0 Å². The second-order valence-electron chi connectivity index (χ2n) is 5.67. The predicted molar refractivity (Wildman–Crippen MR) is 95.9 cm³/mol. The molecule has 9 heteroatoms. The molecule has 1 atom stereocenters. The van der Waals surface area contributed by atoms with Gasteiger partial charge in [0.15, 0.2) is 0 Å². The third-order valence-corrected chi connectivity index (χ3v) is 4.55. The molecule has 2 N–H and O–H groups in total. The molecule has 27 heavy (non-hydrogen) atoms. The average Bonchev–Trinajstić information content (AvgIpc) is 2.63. The molecule has 2 rings (SSSR count). The van der Waals surface area contributed by atoms with Gasteiger partial charge >= 0.3 is 6.18 Å². The number of halogens is 3. The Morgan fingerprint density at radius 2 is 2.00 bits per heavy atom. The highest BCUT2D eigenvalue weighted by Gasteiger charge is 2.30. The van der Waals surface area contributed by atoms with E-state index in [-0.39, 0.29) is 12.3 Å². The van der Waals surface area contributed by atoms with Crippen molar-refractivity contribution >= 4 is 23.6 Å². The van der Waals surface area contributed by atoms with Crippen molar-refractivity contribution < 1.29 is 22.8 Å². The monoisotopic (exact) mass is 397 g/mol. The number of carbonyl (C=O) groups excluding carboxylic acids is 2. The summed E-state index contributed by atoms with van der Waals surface area (Å²) in [5, 5.41) is 5.21. The fraction of sp³-hybridized carbons (Fsp3) is 0.278. The number of benzene rings is 1. The van der Waals surface area contributed by atoms with Gasteiger partial charge in [0.25, 0.3) is 0 Å². The zero-order valence-corrected chi connectivity index (χ0v) is 15.2. The van der Waals surface area contributed by atoms with E-state index in [0.29, 0.717) is 4.90 Å². The molecule has 5 nitrogen and oxygen atoms in total. The number of hydrogen-bond donors (Lipinski definition) is 2. The van der Waals surface area contributed by atoms with Crippen LogP contribution in [0.3, 0.4) is 0 Å². The van der Waals surface area contributed by atoms with Gasteiger partial charge in [-0.15, -0.1) is 11.8 Å². The maximum atomic E-state index is 12.8. The summed E-state index contributed by atoms with van der Waals surface area (Å²) in [6, 6.07) is 7.48. The maximum absolute atomic E-state index is 12.8. The second-order valence-corrected chi connectivity index (χ2v) is 6.76. The summed E-state index contributed by atoms with van der Waals surface area (Å²) in [5.74, 6) is -0.727. The first-order valence-electron chi connectivity index (χ1n) is 7.99. The van der Waals surface area contributed by atoms with Gasteiger partial charge in [0.1, 0.15) is 6.04 Å². The fourth-order valence-corrected chi connectivity index (χ4v) is 3.16. The number of thioether (sulfide) groups is 1. The number of amides is 2. The van der Waals surface area contributed by atoms with Gasteiger partial charge in [0.05, 0.1) is 5.56 Å². The zero-order chi connectivity index (χ0) is 19.9. The molecule has 2 aromatic rings. The van der Waals surface area contributed by atoms with Gasteiger partial charge < -0.3 is 10.6 Å². The molecular weight excluding hydrogens is 379 g/mol. The first-order chi connectivity index (χ1) is 12.8. The number of rotatable bonds is 7. The van der Waals surface area contributed by atoms with Gasteiger partial charge in [-0.05, 0) is 29.8 Å². The minimum Gasteiger partial charge on any atom is -0.350 e. The Morgan fingerprint density at radius 1 is 1.22 bits per heavy atom. The Labute approximate surface area is 158 Å². The summed E-state index contributed by atoms with van der Waals surface area (Å²) in [4.78, 5) is 28.0. The van der Waals surface area contributed by atoms with Crippen molar-refractivity contribution in [1.82, 2.24) is 15.6 Å². The lowest BCUT2D eigenvalue weighted by Crippen LogP contribution is -2.47. The van der Waals surface area contributed by atoms with E-state index in [1.165, 1.54) is 19.1 Å². The van der Waals surface area contributed by atoms with Crippen LogP contribution in [0.4, 0.5) is 13.2 Å². The Kier molecular flexibility index (Phi) is 7.23. The van der Waals surface area contributed by atoms with Crippen molar-refractivity contribution in [3.05, 3.63) is 59.9 Å². The lowest BCUT2D eigenvalue weighted by atomic mass is 10.2. The van der Waals surface area contributed by atoms with Crippen molar-refractivity contribution in [3.63, 3.8) is 0 Å². The largest absolute Gasteiger partial charge is 0.416 e. The molecule has 1 aromatic heterocycles. The van der Waals surface area contributed by atoms with Crippen molar-refractivity contribution in [2.75, 3.05) is 5.75 Å². The Balaban J connectivity index is 1.99. The Bertz CT molecular complexity index is 785. The van der Waals surface area contributed by atoms with Crippen LogP contribution in [0.15, 0.2) is 53.7 Å². The molecule has 1 unspecified atom stereocenters. The van der Waals surface area contributed by atoms with Crippen LogP contribution in [0.5, 0.6) is 0 Å². The number of alkyl halides is 3. The van der Waals surface area contributed by atoms with E-state index in [1.54, 1.807) is 24.5 Å². The predicted octanol–water partition coefficient (Wildman–Crippen LogP) is 3.01.